The highest BCUT2D eigenvalue weighted by Gasteiger charge is 2.15. The van der Waals surface area contributed by atoms with E-state index < -0.39 is 0 Å². The average molecular weight is 367 g/mol. The van der Waals surface area contributed by atoms with Crippen LogP contribution in [0.4, 0.5) is 0 Å². The number of halogens is 1. The van der Waals surface area contributed by atoms with Gasteiger partial charge in [-0.15, -0.1) is 11.3 Å². The molecule has 1 N–H and O–H groups in total. The number of hydrogen-bond acceptors (Lipinski definition) is 5. The Morgan fingerprint density at radius 3 is 2.86 bits per heavy atom. The number of carbonyl (C=O) groups excluding carboxylic acids is 1. The van der Waals surface area contributed by atoms with Crippen molar-refractivity contribution in [1.82, 2.24) is 5.43 Å². The Labute approximate surface area is 133 Å². The van der Waals surface area contributed by atoms with Crippen LogP contribution in [0.5, 0.6) is 11.5 Å². The summed E-state index contributed by atoms with van der Waals surface area (Å²) in [6.07, 6.45) is 1.56. The maximum absolute atomic E-state index is 11.8. The highest BCUT2D eigenvalue weighted by molar-refractivity contribution is 9.10. The molecule has 1 aromatic carbocycles. The summed E-state index contributed by atoms with van der Waals surface area (Å²) in [5, 5.41) is 3.97. The summed E-state index contributed by atoms with van der Waals surface area (Å²) in [6, 6.07) is 7.30. The fourth-order valence-corrected chi connectivity index (χ4v) is 2.99. The first-order valence-electron chi connectivity index (χ1n) is 6.12. The first-order chi connectivity index (χ1) is 10.1. The molecule has 7 heteroatoms. The van der Waals surface area contributed by atoms with Crippen LogP contribution >= 0.6 is 27.3 Å². The molecule has 0 aliphatic carbocycles. The standard InChI is InChI=1S/C14H11BrN2O3S/c1-8-2-3-13(21-8)14(18)17-16-6-9-4-11-12(5-10(9)15)20-7-19-11/h2-6H,7H2,1H3,(H,17,18)/b16-6-. The fraction of sp³-hybridized carbons (Fsp3) is 0.143. The molecule has 21 heavy (non-hydrogen) atoms. The molecule has 0 spiro atoms. The number of carbonyl (C=O) groups is 1. The third kappa shape index (κ3) is 3.08. The molecule has 2 aromatic rings. The summed E-state index contributed by atoms with van der Waals surface area (Å²) in [6.45, 7) is 2.17. The molecule has 0 unspecified atom stereocenters. The first kappa shape index (κ1) is 14.1. The summed E-state index contributed by atoms with van der Waals surface area (Å²) in [4.78, 5) is 13.6. The number of hydrazone groups is 1. The van der Waals surface area contributed by atoms with Gasteiger partial charge in [-0.25, -0.2) is 5.43 Å². The average Bonchev–Trinajstić information content (AvgIpc) is 3.07. The molecule has 1 aliphatic rings. The van der Waals surface area contributed by atoms with Crippen LogP contribution in [0.3, 0.4) is 0 Å². The zero-order valence-corrected chi connectivity index (χ0v) is 13.5. The van der Waals surface area contributed by atoms with Crippen LogP contribution in [0, 0.1) is 6.92 Å². The maximum atomic E-state index is 11.8. The lowest BCUT2D eigenvalue weighted by Gasteiger charge is -2.01. The quantitative estimate of drug-likeness (QED) is 0.669. The van der Waals surface area contributed by atoms with E-state index in [-0.39, 0.29) is 12.7 Å². The zero-order chi connectivity index (χ0) is 14.8. The van der Waals surface area contributed by atoms with Gasteiger partial charge in [-0.1, -0.05) is 0 Å². The number of nitrogens with one attached hydrogen (secondary N) is 1. The second-order valence-corrected chi connectivity index (χ2v) is 6.48. The monoisotopic (exact) mass is 366 g/mol. The smallest absolute Gasteiger partial charge is 0.281 e. The van der Waals surface area contributed by atoms with Crippen molar-refractivity contribution in [2.45, 2.75) is 6.92 Å². The molecule has 0 atom stereocenters. The number of thiophene rings is 1. The minimum atomic E-state index is -0.221. The van der Waals surface area contributed by atoms with E-state index in [0.29, 0.717) is 16.4 Å². The van der Waals surface area contributed by atoms with Crippen LogP contribution in [0.15, 0.2) is 33.8 Å². The summed E-state index contributed by atoms with van der Waals surface area (Å²) in [5.41, 5.74) is 3.30. The Balaban J connectivity index is 1.70. The minimum absolute atomic E-state index is 0.219. The molecule has 0 saturated carbocycles. The molecule has 0 radical (unpaired) electrons. The van der Waals surface area contributed by atoms with Gasteiger partial charge in [-0.2, -0.15) is 5.10 Å². The molecule has 108 valence electrons. The van der Waals surface area contributed by atoms with Gasteiger partial charge in [0.25, 0.3) is 5.91 Å². The van der Waals surface area contributed by atoms with Crippen LogP contribution in [-0.4, -0.2) is 18.9 Å². The van der Waals surface area contributed by atoms with Crippen LogP contribution < -0.4 is 14.9 Å². The van der Waals surface area contributed by atoms with E-state index in [9.17, 15) is 4.79 Å². The second-order valence-electron chi connectivity index (χ2n) is 4.34. The summed E-state index contributed by atoms with van der Waals surface area (Å²) in [7, 11) is 0. The number of nitrogens with zero attached hydrogens (tertiary/aromatic N) is 1. The molecule has 1 aromatic heterocycles. The van der Waals surface area contributed by atoms with E-state index in [4.69, 9.17) is 9.47 Å². The summed E-state index contributed by atoms with van der Waals surface area (Å²) in [5.74, 6) is 1.14. The molecular formula is C14H11BrN2O3S. The molecule has 1 amide bonds. The normalized spacial score (nSPS) is 12.9. The van der Waals surface area contributed by atoms with Crippen molar-refractivity contribution in [2.75, 3.05) is 6.79 Å². The SMILES string of the molecule is Cc1ccc(C(=O)N/N=C\c2cc3c(cc2Br)OCO3)s1. The molecule has 0 saturated heterocycles. The maximum Gasteiger partial charge on any atom is 0.281 e. The number of amides is 1. The van der Waals surface area contributed by atoms with Gasteiger partial charge in [0.1, 0.15) is 0 Å². The van der Waals surface area contributed by atoms with Crippen LogP contribution in [-0.2, 0) is 0 Å². The molecular weight excluding hydrogens is 356 g/mol. The van der Waals surface area contributed by atoms with Gasteiger partial charge >= 0.3 is 0 Å². The van der Waals surface area contributed by atoms with Crippen molar-refractivity contribution < 1.29 is 14.3 Å². The van der Waals surface area contributed by atoms with Crippen molar-refractivity contribution in [3.8, 4) is 11.5 Å². The topological polar surface area (TPSA) is 59.9 Å². The largest absolute Gasteiger partial charge is 0.454 e. The van der Waals surface area contributed by atoms with Gasteiger partial charge in [-0.3, -0.25) is 4.79 Å². The third-order valence-corrected chi connectivity index (χ3v) is 4.51. The van der Waals surface area contributed by atoms with Crippen LogP contribution in [0.2, 0.25) is 0 Å². The van der Waals surface area contributed by atoms with Gasteiger partial charge in [0, 0.05) is 14.9 Å². The Hall–Kier alpha value is -1.86. The third-order valence-electron chi connectivity index (χ3n) is 2.83. The Morgan fingerprint density at radius 1 is 1.38 bits per heavy atom. The van der Waals surface area contributed by atoms with Gasteiger partial charge in [-0.05, 0) is 47.1 Å². The van der Waals surface area contributed by atoms with Gasteiger partial charge in [0.05, 0.1) is 11.1 Å². The second kappa shape index (κ2) is 5.87. The first-order valence-corrected chi connectivity index (χ1v) is 7.73. The number of hydrogen-bond donors (Lipinski definition) is 1. The van der Waals surface area contributed by atoms with E-state index in [0.717, 1.165) is 14.9 Å². The highest BCUT2D eigenvalue weighted by atomic mass is 79.9. The summed E-state index contributed by atoms with van der Waals surface area (Å²) < 4.78 is 11.4. The number of fused-ring (bicyclic) bond motifs is 1. The molecule has 2 heterocycles. The lowest BCUT2D eigenvalue weighted by atomic mass is 10.2. The summed E-state index contributed by atoms with van der Waals surface area (Å²) >= 11 is 4.86. The molecule has 1 aliphatic heterocycles. The number of ether oxygens (including phenoxy) is 2. The van der Waals surface area contributed by atoms with Crippen molar-refractivity contribution >= 4 is 39.4 Å². The fourth-order valence-electron chi connectivity index (χ4n) is 1.80. The number of benzene rings is 1. The molecule has 5 nitrogen and oxygen atoms in total. The Kier molecular flexibility index (Phi) is 3.94. The molecule has 0 bridgehead atoms. The number of aryl methyl sites for hydroxylation is 1. The van der Waals surface area contributed by atoms with E-state index in [1.54, 1.807) is 18.3 Å². The molecule has 0 fully saturated rings. The predicted molar refractivity (Wildman–Crippen MR) is 84.4 cm³/mol. The lowest BCUT2D eigenvalue weighted by Crippen LogP contribution is -2.16. The lowest BCUT2D eigenvalue weighted by molar-refractivity contribution is 0.0959. The zero-order valence-electron chi connectivity index (χ0n) is 11.1. The molecule has 3 rings (SSSR count). The van der Waals surface area contributed by atoms with Gasteiger partial charge < -0.3 is 9.47 Å². The van der Waals surface area contributed by atoms with E-state index >= 15 is 0 Å². The predicted octanol–water partition coefficient (Wildman–Crippen LogP) is 3.31. The van der Waals surface area contributed by atoms with Crippen LogP contribution in [0.25, 0.3) is 0 Å². The highest BCUT2D eigenvalue weighted by Crippen LogP contribution is 2.36. The van der Waals surface area contributed by atoms with Crippen molar-refractivity contribution in [1.29, 1.82) is 0 Å². The van der Waals surface area contributed by atoms with Crippen molar-refractivity contribution in [3.05, 3.63) is 44.1 Å². The van der Waals surface area contributed by atoms with Crippen molar-refractivity contribution in [2.24, 2.45) is 5.10 Å². The minimum Gasteiger partial charge on any atom is -0.454 e. The van der Waals surface area contributed by atoms with Gasteiger partial charge in [0.15, 0.2) is 11.5 Å². The van der Waals surface area contributed by atoms with Gasteiger partial charge in [0.2, 0.25) is 6.79 Å². The van der Waals surface area contributed by atoms with Crippen LogP contribution in [0.1, 0.15) is 20.1 Å². The van der Waals surface area contributed by atoms with E-state index in [1.165, 1.54) is 11.3 Å². The van der Waals surface area contributed by atoms with E-state index in [1.807, 2.05) is 19.1 Å². The van der Waals surface area contributed by atoms with E-state index in [2.05, 4.69) is 26.5 Å². The number of rotatable bonds is 3. The van der Waals surface area contributed by atoms with Crippen molar-refractivity contribution in [3.63, 3.8) is 0 Å². The Bertz CT molecular complexity index is 727. The Morgan fingerprint density at radius 2 is 2.14 bits per heavy atom.